The summed E-state index contributed by atoms with van der Waals surface area (Å²) in [5.41, 5.74) is 1.06. The molecule has 10 heteroatoms. The predicted octanol–water partition coefficient (Wildman–Crippen LogP) is 3.75. The highest BCUT2D eigenvalue weighted by molar-refractivity contribution is 5.95. The fourth-order valence-corrected chi connectivity index (χ4v) is 2.88. The molecule has 1 amide bonds. The van der Waals surface area contributed by atoms with Crippen LogP contribution < -0.4 is 20.1 Å². The summed E-state index contributed by atoms with van der Waals surface area (Å²) >= 11 is 0. The number of anilines is 1. The second kappa shape index (κ2) is 9.38. The van der Waals surface area contributed by atoms with Crippen LogP contribution in [0.25, 0.3) is 0 Å². The van der Waals surface area contributed by atoms with E-state index < -0.39 is 17.4 Å². The number of benzene rings is 2. The Kier molecular flexibility index (Phi) is 6.65. The molecular weight excluding hydrogens is 400 g/mol. The highest BCUT2D eigenvalue weighted by Crippen LogP contribution is 2.32. The van der Waals surface area contributed by atoms with E-state index in [0.29, 0.717) is 17.7 Å². The molecule has 2 aromatic rings. The Hall–Kier alpha value is -3.43. The van der Waals surface area contributed by atoms with Crippen molar-refractivity contribution in [2.24, 2.45) is 0 Å². The van der Waals surface area contributed by atoms with Crippen molar-refractivity contribution < 1.29 is 28.0 Å². The van der Waals surface area contributed by atoms with E-state index >= 15 is 0 Å². The Labute approximate surface area is 171 Å². The zero-order valence-electron chi connectivity index (χ0n) is 16.2. The molecule has 0 spiro atoms. The molecule has 1 saturated carbocycles. The number of nitrogens with one attached hydrogen (secondary N) is 2. The monoisotopic (exact) mass is 421 g/mol. The zero-order chi connectivity index (χ0) is 21.7. The van der Waals surface area contributed by atoms with Crippen molar-refractivity contribution in [1.29, 1.82) is 0 Å². The van der Waals surface area contributed by atoms with Gasteiger partial charge in [-0.3, -0.25) is 14.9 Å². The van der Waals surface area contributed by atoms with Gasteiger partial charge in [0.25, 0.3) is 11.6 Å². The summed E-state index contributed by atoms with van der Waals surface area (Å²) in [4.78, 5) is 23.2. The van der Waals surface area contributed by atoms with Gasteiger partial charge in [-0.2, -0.15) is 8.78 Å². The molecule has 0 radical (unpaired) electrons. The molecule has 0 aromatic heterocycles. The highest BCUT2D eigenvalue weighted by Gasteiger charge is 2.25. The maximum absolute atomic E-state index is 12.5. The Balaban J connectivity index is 1.61. The molecule has 160 valence electrons. The van der Waals surface area contributed by atoms with Crippen LogP contribution in [0, 0.1) is 10.1 Å². The van der Waals surface area contributed by atoms with Crippen LogP contribution in [0.15, 0.2) is 36.4 Å². The maximum Gasteiger partial charge on any atom is 0.387 e. The maximum atomic E-state index is 12.5. The van der Waals surface area contributed by atoms with Gasteiger partial charge in [-0.1, -0.05) is 6.07 Å². The lowest BCUT2D eigenvalue weighted by Gasteiger charge is -2.12. The number of nitro groups is 1. The van der Waals surface area contributed by atoms with Crippen molar-refractivity contribution in [2.45, 2.75) is 31.9 Å². The van der Waals surface area contributed by atoms with E-state index in [0.717, 1.165) is 12.8 Å². The summed E-state index contributed by atoms with van der Waals surface area (Å²) in [5.74, 6) is -0.380. The van der Waals surface area contributed by atoms with Crippen molar-refractivity contribution in [3.05, 3.63) is 57.6 Å². The van der Waals surface area contributed by atoms with Gasteiger partial charge >= 0.3 is 6.61 Å². The van der Waals surface area contributed by atoms with Crippen LogP contribution in [0.3, 0.4) is 0 Å². The van der Waals surface area contributed by atoms with E-state index in [1.165, 1.54) is 37.4 Å². The van der Waals surface area contributed by atoms with E-state index in [1.807, 2.05) is 0 Å². The minimum absolute atomic E-state index is 0.0919. The average Bonchev–Trinajstić information content (AvgIpc) is 3.52. The van der Waals surface area contributed by atoms with Crippen LogP contribution in [-0.4, -0.2) is 37.1 Å². The fourth-order valence-electron chi connectivity index (χ4n) is 2.88. The molecule has 3 rings (SSSR count). The molecule has 0 heterocycles. The van der Waals surface area contributed by atoms with Crippen LogP contribution >= 0.6 is 0 Å². The molecule has 1 fully saturated rings. The zero-order valence-corrected chi connectivity index (χ0v) is 16.2. The number of nitrogens with zero attached hydrogens (tertiary/aromatic N) is 1. The Morgan fingerprint density at radius 3 is 2.63 bits per heavy atom. The first kappa shape index (κ1) is 21.3. The van der Waals surface area contributed by atoms with Crippen LogP contribution in [-0.2, 0) is 6.42 Å². The van der Waals surface area contributed by atoms with Crippen LogP contribution in [0.1, 0.15) is 28.8 Å². The van der Waals surface area contributed by atoms with Crippen molar-refractivity contribution in [3.8, 4) is 11.5 Å². The van der Waals surface area contributed by atoms with E-state index in [1.54, 1.807) is 6.07 Å². The second-order valence-electron chi connectivity index (χ2n) is 6.78. The molecule has 0 bridgehead atoms. The first-order valence-electron chi connectivity index (χ1n) is 9.32. The van der Waals surface area contributed by atoms with Gasteiger partial charge in [-0.25, -0.2) is 0 Å². The Morgan fingerprint density at radius 2 is 2.00 bits per heavy atom. The van der Waals surface area contributed by atoms with Gasteiger partial charge < -0.3 is 20.1 Å². The molecule has 0 atom stereocenters. The number of methoxy groups -OCH3 is 1. The van der Waals surface area contributed by atoms with Crippen LogP contribution in [0.2, 0.25) is 0 Å². The first-order valence-corrected chi connectivity index (χ1v) is 9.32. The number of carbonyl (C=O) groups is 1. The lowest BCUT2D eigenvalue weighted by molar-refractivity contribution is -0.384. The quantitative estimate of drug-likeness (QED) is 0.447. The molecule has 8 nitrogen and oxygen atoms in total. The molecule has 2 N–H and O–H groups in total. The SMILES string of the molecule is COc1ccc(CCNC(=O)c2ccc(NC3CC3)c([N+](=O)[O-])c2)cc1OC(F)F. The van der Waals surface area contributed by atoms with Crippen molar-refractivity contribution in [1.82, 2.24) is 5.32 Å². The lowest BCUT2D eigenvalue weighted by Crippen LogP contribution is -2.25. The van der Waals surface area contributed by atoms with Crippen molar-refractivity contribution >= 4 is 17.3 Å². The van der Waals surface area contributed by atoms with Crippen molar-refractivity contribution in [2.75, 3.05) is 19.0 Å². The summed E-state index contributed by atoms with van der Waals surface area (Å²) < 4.78 is 34.5. The normalized spacial score (nSPS) is 13.1. The fraction of sp³-hybridized carbons (Fsp3) is 0.350. The van der Waals surface area contributed by atoms with Gasteiger partial charge in [-0.05, 0) is 49.1 Å². The number of amides is 1. The standard InChI is InChI=1S/C20H21F2N3O5/c1-29-17-7-2-12(10-18(17)30-20(21)22)8-9-23-19(26)13-3-6-15(24-14-4-5-14)16(11-13)25(27)28/h2-3,6-7,10-11,14,20,24H,4-5,8-9H2,1H3,(H,23,26). The lowest BCUT2D eigenvalue weighted by atomic mass is 10.1. The van der Waals surface area contributed by atoms with Gasteiger partial charge in [-0.15, -0.1) is 0 Å². The molecular formula is C20H21F2N3O5. The number of nitro benzene ring substituents is 1. The van der Waals surface area contributed by atoms with Crippen LogP contribution in [0.4, 0.5) is 20.2 Å². The number of alkyl halides is 2. The molecule has 0 unspecified atom stereocenters. The van der Waals surface area contributed by atoms with Crippen LogP contribution in [0.5, 0.6) is 11.5 Å². The molecule has 0 saturated heterocycles. The minimum atomic E-state index is -2.98. The van der Waals surface area contributed by atoms with E-state index in [2.05, 4.69) is 15.4 Å². The topological polar surface area (TPSA) is 103 Å². The Bertz CT molecular complexity index is 935. The summed E-state index contributed by atoms with van der Waals surface area (Å²) in [6, 6.07) is 9.13. The second-order valence-corrected chi connectivity index (χ2v) is 6.78. The number of ether oxygens (including phenoxy) is 2. The number of hydrogen-bond acceptors (Lipinski definition) is 6. The third-order valence-corrected chi connectivity index (χ3v) is 4.54. The Morgan fingerprint density at radius 1 is 1.23 bits per heavy atom. The number of halogens is 2. The predicted molar refractivity (Wildman–Crippen MR) is 105 cm³/mol. The number of hydrogen-bond donors (Lipinski definition) is 2. The van der Waals surface area contributed by atoms with E-state index in [-0.39, 0.29) is 35.3 Å². The summed E-state index contributed by atoms with van der Waals surface area (Å²) in [6.07, 6.45) is 2.28. The highest BCUT2D eigenvalue weighted by atomic mass is 19.3. The largest absolute Gasteiger partial charge is 0.493 e. The molecule has 30 heavy (non-hydrogen) atoms. The van der Waals surface area contributed by atoms with E-state index in [4.69, 9.17) is 4.74 Å². The van der Waals surface area contributed by atoms with Gasteiger partial charge in [0.2, 0.25) is 0 Å². The number of rotatable bonds is 10. The molecule has 2 aromatic carbocycles. The van der Waals surface area contributed by atoms with Gasteiger partial charge in [0, 0.05) is 24.2 Å². The van der Waals surface area contributed by atoms with E-state index in [9.17, 15) is 23.7 Å². The summed E-state index contributed by atoms with van der Waals surface area (Å²) in [7, 11) is 1.35. The van der Waals surface area contributed by atoms with Gasteiger partial charge in [0.15, 0.2) is 11.5 Å². The third kappa shape index (κ3) is 5.56. The first-order chi connectivity index (χ1) is 14.4. The number of carbonyl (C=O) groups excluding carboxylic acids is 1. The van der Waals surface area contributed by atoms with Crippen molar-refractivity contribution in [3.63, 3.8) is 0 Å². The van der Waals surface area contributed by atoms with Gasteiger partial charge in [0.1, 0.15) is 5.69 Å². The summed E-state index contributed by atoms with van der Waals surface area (Å²) in [6.45, 7) is -2.78. The molecule has 1 aliphatic rings. The third-order valence-electron chi connectivity index (χ3n) is 4.54. The minimum Gasteiger partial charge on any atom is -0.493 e. The summed E-state index contributed by atoms with van der Waals surface area (Å²) in [5, 5.41) is 17.1. The van der Waals surface area contributed by atoms with Gasteiger partial charge in [0.05, 0.1) is 12.0 Å². The molecule has 1 aliphatic carbocycles. The average molecular weight is 421 g/mol. The smallest absolute Gasteiger partial charge is 0.387 e. The molecule has 0 aliphatic heterocycles.